The van der Waals surface area contributed by atoms with Gasteiger partial charge < -0.3 is 15.4 Å². The molecule has 2 rings (SSSR count). The number of rotatable bonds is 6. The molecule has 2 N–H and O–H groups in total. The smallest absolute Gasteiger partial charge is 0.246 e. The summed E-state index contributed by atoms with van der Waals surface area (Å²) in [6.07, 6.45) is 2.34. The number of piperidine rings is 1. The fourth-order valence-corrected chi connectivity index (χ4v) is 2.31. The zero-order valence-corrected chi connectivity index (χ0v) is 11.8. The minimum absolute atomic E-state index is 0.0299. The van der Waals surface area contributed by atoms with E-state index in [1.165, 1.54) is 12.1 Å². The number of benzene rings is 1. The van der Waals surface area contributed by atoms with Crippen LogP contribution in [0.2, 0.25) is 0 Å². The van der Waals surface area contributed by atoms with Crippen LogP contribution in [0.25, 0.3) is 0 Å². The van der Waals surface area contributed by atoms with Gasteiger partial charge in [-0.3, -0.25) is 4.79 Å². The fraction of sp³-hybridized carbons (Fsp3) is 0.533. The maximum atomic E-state index is 13.0. The summed E-state index contributed by atoms with van der Waals surface area (Å²) < 4.78 is 31.5. The minimum Gasteiger partial charge on any atom is -0.368 e. The van der Waals surface area contributed by atoms with E-state index in [1.54, 1.807) is 0 Å². The van der Waals surface area contributed by atoms with Crippen LogP contribution in [-0.4, -0.2) is 38.3 Å². The molecule has 0 saturated carbocycles. The van der Waals surface area contributed by atoms with Crippen molar-refractivity contribution in [2.75, 3.05) is 26.2 Å². The molecule has 1 aromatic carbocycles. The summed E-state index contributed by atoms with van der Waals surface area (Å²) in [6, 6.07) is 3.36. The molecule has 0 atom stereocenters. The summed E-state index contributed by atoms with van der Waals surface area (Å²) in [5.41, 5.74) is 0.520. The van der Waals surface area contributed by atoms with Crippen LogP contribution in [-0.2, 0) is 16.0 Å². The summed E-state index contributed by atoms with van der Waals surface area (Å²) in [4.78, 5) is 11.6. The van der Waals surface area contributed by atoms with Gasteiger partial charge in [0.05, 0.1) is 6.10 Å². The number of carbonyl (C=O) groups is 1. The van der Waals surface area contributed by atoms with Crippen molar-refractivity contribution >= 4 is 5.91 Å². The SMILES string of the molecule is O=C(COC1CCNCC1)NCCc1cc(F)cc(F)c1. The van der Waals surface area contributed by atoms with Gasteiger partial charge in [0, 0.05) is 12.6 Å². The number of nitrogens with one attached hydrogen (secondary N) is 2. The van der Waals surface area contributed by atoms with E-state index in [-0.39, 0.29) is 18.6 Å². The third-order valence-corrected chi connectivity index (χ3v) is 3.39. The molecular weight excluding hydrogens is 278 g/mol. The fourth-order valence-electron chi connectivity index (χ4n) is 2.31. The first-order valence-electron chi connectivity index (χ1n) is 7.17. The molecule has 6 heteroatoms. The largest absolute Gasteiger partial charge is 0.368 e. The van der Waals surface area contributed by atoms with E-state index in [1.807, 2.05) is 0 Å². The molecule has 0 bridgehead atoms. The van der Waals surface area contributed by atoms with Crippen LogP contribution in [0.5, 0.6) is 0 Å². The number of amides is 1. The molecule has 0 radical (unpaired) electrons. The molecule has 116 valence electrons. The van der Waals surface area contributed by atoms with Crippen molar-refractivity contribution in [3.8, 4) is 0 Å². The summed E-state index contributed by atoms with van der Waals surface area (Å²) in [7, 11) is 0. The quantitative estimate of drug-likeness (QED) is 0.834. The molecule has 1 amide bonds. The molecular formula is C15H20F2N2O2. The summed E-state index contributed by atoms with van der Waals surface area (Å²) in [5.74, 6) is -1.42. The van der Waals surface area contributed by atoms with Crippen molar-refractivity contribution < 1.29 is 18.3 Å². The first-order valence-corrected chi connectivity index (χ1v) is 7.17. The van der Waals surface area contributed by atoms with Crippen molar-refractivity contribution in [2.45, 2.75) is 25.4 Å². The molecule has 0 aliphatic carbocycles. The van der Waals surface area contributed by atoms with Crippen molar-refractivity contribution in [3.63, 3.8) is 0 Å². The number of halogens is 2. The van der Waals surface area contributed by atoms with E-state index >= 15 is 0 Å². The molecule has 4 nitrogen and oxygen atoms in total. The average Bonchev–Trinajstić information content (AvgIpc) is 2.45. The van der Waals surface area contributed by atoms with E-state index in [0.717, 1.165) is 32.0 Å². The lowest BCUT2D eigenvalue weighted by Gasteiger charge is -2.22. The van der Waals surface area contributed by atoms with Gasteiger partial charge in [-0.1, -0.05) is 0 Å². The topological polar surface area (TPSA) is 50.4 Å². The molecule has 1 fully saturated rings. The summed E-state index contributed by atoms with van der Waals surface area (Å²) >= 11 is 0. The van der Waals surface area contributed by atoms with Gasteiger partial charge in [0.25, 0.3) is 0 Å². The van der Waals surface area contributed by atoms with Gasteiger partial charge in [0.2, 0.25) is 5.91 Å². The maximum absolute atomic E-state index is 13.0. The molecule has 1 aliphatic heterocycles. The van der Waals surface area contributed by atoms with Gasteiger partial charge in [-0.25, -0.2) is 8.78 Å². The first kappa shape index (κ1) is 15.9. The lowest BCUT2D eigenvalue weighted by molar-refractivity contribution is -0.128. The van der Waals surface area contributed by atoms with Gasteiger partial charge in [-0.15, -0.1) is 0 Å². The molecule has 1 heterocycles. The third kappa shape index (κ3) is 5.77. The second kappa shape index (κ2) is 8.05. The highest BCUT2D eigenvalue weighted by Gasteiger charge is 2.14. The van der Waals surface area contributed by atoms with Crippen molar-refractivity contribution in [1.82, 2.24) is 10.6 Å². The predicted octanol–water partition coefficient (Wildman–Crippen LogP) is 1.39. The van der Waals surface area contributed by atoms with Gasteiger partial charge in [0.1, 0.15) is 18.2 Å². The monoisotopic (exact) mass is 298 g/mol. The Labute approximate surface area is 122 Å². The zero-order valence-electron chi connectivity index (χ0n) is 11.8. The molecule has 21 heavy (non-hydrogen) atoms. The Bertz CT molecular complexity index is 456. The molecule has 1 saturated heterocycles. The highest BCUT2D eigenvalue weighted by molar-refractivity contribution is 5.77. The second-order valence-electron chi connectivity index (χ2n) is 5.14. The van der Waals surface area contributed by atoms with Crippen molar-refractivity contribution in [1.29, 1.82) is 0 Å². The Morgan fingerprint density at radius 2 is 1.90 bits per heavy atom. The Morgan fingerprint density at radius 1 is 1.24 bits per heavy atom. The van der Waals surface area contributed by atoms with Gasteiger partial charge in [-0.2, -0.15) is 0 Å². The van der Waals surface area contributed by atoms with E-state index in [4.69, 9.17) is 4.74 Å². The second-order valence-corrected chi connectivity index (χ2v) is 5.14. The van der Waals surface area contributed by atoms with E-state index in [0.29, 0.717) is 18.5 Å². The lowest BCUT2D eigenvalue weighted by Crippen LogP contribution is -2.36. The summed E-state index contributed by atoms with van der Waals surface area (Å²) in [5, 5.41) is 5.91. The molecule has 0 spiro atoms. The maximum Gasteiger partial charge on any atom is 0.246 e. The Kier molecular flexibility index (Phi) is 6.07. The van der Waals surface area contributed by atoms with Gasteiger partial charge in [-0.05, 0) is 50.0 Å². The van der Waals surface area contributed by atoms with Crippen LogP contribution in [0.15, 0.2) is 18.2 Å². The van der Waals surface area contributed by atoms with Crippen LogP contribution in [0.4, 0.5) is 8.78 Å². The minimum atomic E-state index is -0.606. The van der Waals surface area contributed by atoms with Crippen LogP contribution < -0.4 is 10.6 Å². The molecule has 0 unspecified atom stereocenters. The predicted molar refractivity (Wildman–Crippen MR) is 74.9 cm³/mol. The van der Waals surface area contributed by atoms with Crippen LogP contribution in [0.1, 0.15) is 18.4 Å². The molecule has 1 aliphatic rings. The Morgan fingerprint density at radius 3 is 2.57 bits per heavy atom. The van der Waals surface area contributed by atoms with E-state index in [2.05, 4.69) is 10.6 Å². The highest BCUT2D eigenvalue weighted by atomic mass is 19.1. The van der Waals surface area contributed by atoms with Gasteiger partial charge in [0.15, 0.2) is 0 Å². The zero-order chi connectivity index (χ0) is 15.1. The number of carbonyl (C=O) groups excluding carboxylic acids is 1. The van der Waals surface area contributed by atoms with E-state index in [9.17, 15) is 13.6 Å². The number of hydrogen-bond donors (Lipinski definition) is 2. The van der Waals surface area contributed by atoms with Crippen molar-refractivity contribution in [2.24, 2.45) is 0 Å². The molecule has 1 aromatic rings. The Hall–Kier alpha value is -1.53. The van der Waals surface area contributed by atoms with Crippen LogP contribution in [0, 0.1) is 11.6 Å². The average molecular weight is 298 g/mol. The first-order chi connectivity index (χ1) is 10.1. The standard InChI is InChI=1S/C15H20F2N2O2/c16-12-7-11(8-13(17)9-12)1-6-19-15(20)10-21-14-2-4-18-5-3-14/h7-9,14,18H,1-6,10H2,(H,19,20). The molecule has 0 aromatic heterocycles. The third-order valence-electron chi connectivity index (χ3n) is 3.39. The van der Waals surface area contributed by atoms with Gasteiger partial charge >= 0.3 is 0 Å². The van der Waals surface area contributed by atoms with Crippen LogP contribution >= 0.6 is 0 Å². The lowest BCUT2D eigenvalue weighted by atomic mass is 10.1. The van der Waals surface area contributed by atoms with E-state index < -0.39 is 11.6 Å². The number of hydrogen-bond acceptors (Lipinski definition) is 3. The van der Waals surface area contributed by atoms with Crippen molar-refractivity contribution in [3.05, 3.63) is 35.4 Å². The highest BCUT2D eigenvalue weighted by Crippen LogP contribution is 2.08. The van der Waals surface area contributed by atoms with Crippen LogP contribution in [0.3, 0.4) is 0 Å². The number of ether oxygens (including phenoxy) is 1. The summed E-state index contributed by atoms with van der Waals surface area (Å²) in [6.45, 7) is 2.19. The Balaban J connectivity index is 1.64. The normalized spacial score (nSPS) is 15.9.